The van der Waals surface area contributed by atoms with Crippen LogP contribution in [-0.4, -0.2) is 41.4 Å². The molecule has 0 amide bonds. The molecular weight excluding hydrogens is 312 g/mol. The standard InChI is InChI=1S/C21H26N2O2/c1-3-21-8-4-9-22-10-7-16-17-11-15(25-2)5-6-18(17)23(14(12-21)13-24)19(16)20(21)22/h5-6,11-12,20,24H,3-4,7-10,13H2,1-2H3/t20-,21+/m1/s1. The Hall–Kier alpha value is -1.78. The van der Waals surface area contributed by atoms with Gasteiger partial charge >= 0.3 is 0 Å². The van der Waals surface area contributed by atoms with Crippen molar-refractivity contribution in [2.75, 3.05) is 26.8 Å². The summed E-state index contributed by atoms with van der Waals surface area (Å²) in [4.78, 5) is 2.69. The highest BCUT2D eigenvalue weighted by Gasteiger charge is 2.50. The van der Waals surface area contributed by atoms with Crippen molar-refractivity contribution in [1.82, 2.24) is 9.47 Å². The van der Waals surface area contributed by atoms with E-state index in [0.29, 0.717) is 6.04 Å². The predicted octanol–water partition coefficient (Wildman–Crippen LogP) is 3.59. The normalized spacial score (nSPS) is 28.0. The largest absolute Gasteiger partial charge is 0.497 e. The third-order valence-corrected chi connectivity index (χ3v) is 6.79. The van der Waals surface area contributed by atoms with Gasteiger partial charge in [0.15, 0.2) is 0 Å². The van der Waals surface area contributed by atoms with Crippen molar-refractivity contribution in [2.24, 2.45) is 5.41 Å². The summed E-state index contributed by atoms with van der Waals surface area (Å²) in [5.41, 5.74) is 5.33. The molecule has 2 aromatic rings. The van der Waals surface area contributed by atoms with Crippen LogP contribution in [0.3, 0.4) is 0 Å². The van der Waals surface area contributed by atoms with Crippen molar-refractivity contribution in [3.8, 4) is 5.75 Å². The number of nitrogens with zero attached hydrogens (tertiary/aromatic N) is 2. The van der Waals surface area contributed by atoms with Gasteiger partial charge in [-0.2, -0.15) is 0 Å². The first-order valence-electron chi connectivity index (χ1n) is 9.50. The molecule has 0 bridgehead atoms. The number of rotatable bonds is 3. The lowest BCUT2D eigenvalue weighted by atomic mass is 9.66. The maximum Gasteiger partial charge on any atom is 0.119 e. The molecule has 0 aliphatic carbocycles. The average Bonchev–Trinajstić information content (AvgIpc) is 3.00. The van der Waals surface area contributed by atoms with Crippen LogP contribution >= 0.6 is 0 Å². The zero-order chi connectivity index (χ0) is 17.2. The Kier molecular flexibility index (Phi) is 3.32. The van der Waals surface area contributed by atoms with E-state index in [1.165, 1.54) is 41.5 Å². The third kappa shape index (κ3) is 1.90. The van der Waals surface area contributed by atoms with E-state index in [-0.39, 0.29) is 12.0 Å². The maximum atomic E-state index is 10.2. The summed E-state index contributed by atoms with van der Waals surface area (Å²) in [5.74, 6) is 0.911. The second-order valence-corrected chi connectivity index (χ2v) is 7.75. The number of aliphatic hydroxyl groups excluding tert-OH is 1. The molecule has 1 N–H and O–H groups in total. The van der Waals surface area contributed by atoms with Crippen LogP contribution < -0.4 is 4.74 Å². The van der Waals surface area contributed by atoms with Crippen LogP contribution in [0.2, 0.25) is 0 Å². The van der Waals surface area contributed by atoms with Crippen LogP contribution in [-0.2, 0) is 6.42 Å². The van der Waals surface area contributed by atoms with Gasteiger partial charge in [0.05, 0.1) is 25.3 Å². The molecule has 3 aliphatic rings. The Morgan fingerprint density at radius 3 is 2.96 bits per heavy atom. The second kappa shape index (κ2) is 5.36. The van der Waals surface area contributed by atoms with Gasteiger partial charge in [0.2, 0.25) is 0 Å². The van der Waals surface area contributed by atoms with Gasteiger partial charge in [-0.1, -0.05) is 13.0 Å². The fourth-order valence-electron chi connectivity index (χ4n) is 5.66. The van der Waals surface area contributed by atoms with Crippen molar-refractivity contribution < 1.29 is 9.84 Å². The van der Waals surface area contributed by atoms with Crippen LogP contribution in [0, 0.1) is 5.41 Å². The minimum absolute atomic E-state index is 0.0940. The van der Waals surface area contributed by atoms with E-state index in [9.17, 15) is 5.11 Å². The summed E-state index contributed by atoms with van der Waals surface area (Å²) in [6.45, 7) is 4.73. The number of aliphatic hydroxyl groups is 1. The molecule has 25 heavy (non-hydrogen) atoms. The highest BCUT2D eigenvalue weighted by molar-refractivity contribution is 5.91. The molecule has 4 nitrogen and oxygen atoms in total. The Morgan fingerprint density at radius 2 is 2.20 bits per heavy atom. The van der Waals surface area contributed by atoms with Crippen LogP contribution in [0.4, 0.5) is 0 Å². The van der Waals surface area contributed by atoms with E-state index in [2.05, 4.69) is 34.6 Å². The van der Waals surface area contributed by atoms with Gasteiger partial charge < -0.3 is 14.4 Å². The number of hydrogen-bond donors (Lipinski definition) is 1. The number of hydrogen-bond acceptors (Lipinski definition) is 3. The van der Waals surface area contributed by atoms with Crippen LogP contribution in [0.5, 0.6) is 5.75 Å². The van der Waals surface area contributed by atoms with E-state index in [1.54, 1.807) is 7.11 Å². The van der Waals surface area contributed by atoms with Gasteiger partial charge in [0.25, 0.3) is 0 Å². The van der Waals surface area contributed by atoms with Crippen LogP contribution in [0.1, 0.15) is 43.5 Å². The molecule has 1 fully saturated rings. The molecule has 3 aliphatic heterocycles. The fourth-order valence-corrected chi connectivity index (χ4v) is 5.66. The Bertz CT molecular complexity index is 882. The summed E-state index contributed by atoms with van der Waals surface area (Å²) in [6, 6.07) is 6.81. The van der Waals surface area contributed by atoms with Gasteiger partial charge in [0, 0.05) is 28.7 Å². The molecule has 2 atom stereocenters. The molecule has 4 heterocycles. The quantitative estimate of drug-likeness (QED) is 0.929. The van der Waals surface area contributed by atoms with Gasteiger partial charge in [-0.15, -0.1) is 0 Å². The lowest BCUT2D eigenvalue weighted by Gasteiger charge is -2.53. The number of piperidine rings is 1. The monoisotopic (exact) mass is 338 g/mol. The molecule has 0 spiro atoms. The molecule has 1 saturated heterocycles. The molecular formula is C21H26N2O2. The van der Waals surface area contributed by atoms with Gasteiger partial charge in [-0.25, -0.2) is 0 Å². The molecule has 132 valence electrons. The number of aromatic nitrogens is 1. The van der Waals surface area contributed by atoms with Gasteiger partial charge in [-0.05, 0) is 56.0 Å². The van der Waals surface area contributed by atoms with E-state index in [1.807, 2.05) is 6.07 Å². The maximum absolute atomic E-state index is 10.2. The van der Waals surface area contributed by atoms with Crippen LogP contribution in [0.25, 0.3) is 16.6 Å². The van der Waals surface area contributed by atoms with Crippen LogP contribution in [0.15, 0.2) is 24.3 Å². The predicted molar refractivity (Wildman–Crippen MR) is 99.8 cm³/mol. The Balaban J connectivity index is 1.86. The SMILES string of the molecule is CC[C@@]12C=C(CO)n3c4c(c5cc(OC)ccc53)CCN(CCC1)[C@H]42. The fraction of sp³-hybridized carbons (Fsp3) is 0.524. The van der Waals surface area contributed by atoms with E-state index < -0.39 is 0 Å². The zero-order valence-electron chi connectivity index (χ0n) is 15.1. The van der Waals surface area contributed by atoms with E-state index in [0.717, 1.165) is 30.8 Å². The smallest absolute Gasteiger partial charge is 0.119 e. The first-order chi connectivity index (χ1) is 12.2. The topological polar surface area (TPSA) is 37.6 Å². The summed E-state index contributed by atoms with van der Waals surface area (Å²) in [7, 11) is 1.73. The third-order valence-electron chi connectivity index (χ3n) is 6.79. The van der Waals surface area contributed by atoms with Crippen molar-refractivity contribution in [3.05, 3.63) is 35.5 Å². The van der Waals surface area contributed by atoms with Crippen molar-refractivity contribution in [3.63, 3.8) is 0 Å². The number of ether oxygens (including phenoxy) is 1. The first kappa shape index (κ1) is 15.5. The highest BCUT2D eigenvalue weighted by Crippen LogP contribution is 2.57. The van der Waals surface area contributed by atoms with E-state index >= 15 is 0 Å². The molecule has 4 heteroatoms. The number of benzene rings is 1. The molecule has 0 saturated carbocycles. The minimum atomic E-state index is 0.0940. The summed E-state index contributed by atoms with van der Waals surface area (Å²) >= 11 is 0. The Morgan fingerprint density at radius 1 is 1.32 bits per heavy atom. The summed E-state index contributed by atoms with van der Waals surface area (Å²) in [5, 5.41) is 11.5. The molecule has 0 radical (unpaired) electrons. The average molecular weight is 338 g/mol. The van der Waals surface area contributed by atoms with Crippen molar-refractivity contribution >= 4 is 16.6 Å². The second-order valence-electron chi connectivity index (χ2n) is 7.75. The minimum Gasteiger partial charge on any atom is -0.497 e. The number of methoxy groups -OCH3 is 1. The molecule has 0 unspecified atom stereocenters. The van der Waals surface area contributed by atoms with Gasteiger partial charge in [-0.3, -0.25) is 4.90 Å². The summed E-state index contributed by atoms with van der Waals surface area (Å²) in [6.07, 6.45) is 7.08. The molecule has 5 rings (SSSR count). The lowest BCUT2D eigenvalue weighted by molar-refractivity contribution is 0.0263. The van der Waals surface area contributed by atoms with Crippen molar-refractivity contribution in [1.29, 1.82) is 0 Å². The highest BCUT2D eigenvalue weighted by atomic mass is 16.5. The first-order valence-corrected chi connectivity index (χ1v) is 9.50. The lowest BCUT2D eigenvalue weighted by Crippen LogP contribution is -2.50. The van der Waals surface area contributed by atoms with E-state index in [4.69, 9.17) is 4.74 Å². The molecule has 1 aromatic carbocycles. The summed E-state index contributed by atoms with van der Waals surface area (Å²) < 4.78 is 7.83. The number of fused-ring (bicyclic) bond motifs is 3. The van der Waals surface area contributed by atoms with Crippen molar-refractivity contribution in [2.45, 2.75) is 38.6 Å². The molecule has 1 aromatic heterocycles. The van der Waals surface area contributed by atoms with Gasteiger partial charge in [0.1, 0.15) is 5.75 Å². The Labute approximate surface area is 148 Å². The zero-order valence-corrected chi connectivity index (χ0v) is 15.1.